The van der Waals surface area contributed by atoms with Crippen molar-refractivity contribution in [2.75, 3.05) is 13.7 Å². The summed E-state index contributed by atoms with van der Waals surface area (Å²) < 4.78 is 5.07. The molecule has 0 aliphatic carbocycles. The van der Waals surface area contributed by atoms with Crippen LogP contribution < -0.4 is 10.5 Å². The number of halogens is 1. The van der Waals surface area contributed by atoms with Crippen molar-refractivity contribution in [3.8, 4) is 11.5 Å². The van der Waals surface area contributed by atoms with Crippen LogP contribution in [0.2, 0.25) is 5.02 Å². The Hall–Kier alpha value is -0.930. The largest absolute Gasteiger partial charge is 0.504 e. The minimum Gasteiger partial charge on any atom is -0.504 e. The molecule has 3 N–H and O–H groups in total. The van der Waals surface area contributed by atoms with E-state index in [0.29, 0.717) is 23.2 Å². The molecule has 4 heteroatoms. The van der Waals surface area contributed by atoms with E-state index in [2.05, 4.69) is 13.8 Å². The maximum Gasteiger partial charge on any atom is 0.162 e. The Bertz CT molecular complexity index is 366. The quantitative estimate of drug-likeness (QED) is 0.855. The van der Waals surface area contributed by atoms with E-state index in [9.17, 15) is 5.11 Å². The van der Waals surface area contributed by atoms with Gasteiger partial charge in [-0.2, -0.15) is 0 Å². The molecule has 0 spiro atoms. The van der Waals surface area contributed by atoms with Gasteiger partial charge in [0.15, 0.2) is 11.5 Å². The first kappa shape index (κ1) is 13.1. The van der Waals surface area contributed by atoms with Gasteiger partial charge in [-0.05, 0) is 18.5 Å². The van der Waals surface area contributed by atoms with Crippen LogP contribution in [-0.4, -0.2) is 18.8 Å². The van der Waals surface area contributed by atoms with Gasteiger partial charge in [-0.1, -0.05) is 25.4 Å². The predicted octanol–water partition coefficient (Wildman–Crippen LogP) is 2.75. The van der Waals surface area contributed by atoms with Crippen molar-refractivity contribution in [2.24, 2.45) is 11.7 Å². The van der Waals surface area contributed by atoms with E-state index in [1.54, 1.807) is 12.1 Å². The number of phenolic OH excluding ortho intramolecular Hbond substituents is 1. The number of benzene rings is 1. The molecule has 0 heterocycles. The fraction of sp³-hybridized carbons (Fsp3) is 0.500. The summed E-state index contributed by atoms with van der Waals surface area (Å²) in [6.07, 6.45) is 0. The number of aromatic hydroxyl groups is 1. The molecule has 0 aliphatic heterocycles. The molecule has 0 amide bonds. The van der Waals surface area contributed by atoms with Crippen molar-refractivity contribution < 1.29 is 9.84 Å². The SMILES string of the molecule is COc1cc(Cl)cc(C(CN)C(C)C)c1O. The van der Waals surface area contributed by atoms with Crippen LogP contribution in [0.1, 0.15) is 25.3 Å². The fourth-order valence-electron chi connectivity index (χ4n) is 1.79. The van der Waals surface area contributed by atoms with E-state index in [1.807, 2.05) is 0 Å². The third-order valence-electron chi connectivity index (χ3n) is 2.75. The summed E-state index contributed by atoms with van der Waals surface area (Å²) in [4.78, 5) is 0. The van der Waals surface area contributed by atoms with E-state index in [0.717, 1.165) is 5.56 Å². The van der Waals surface area contributed by atoms with Gasteiger partial charge in [0.05, 0.1) is 7.11 Å². The highest BCUT2D eigenvalue weighted by Gasteiger charge is 2.20. The van der Waals surface area contributed by atoms with E-state index in [4.69, 9.17) is 22.1 Å². The smallest absolute Gasteiger partial charge is 0.162 e. The Morgan fingerprint density at radius 2 is 2.06 bits per heavy atom. The average molecular weight is 244 g/mol. The number of ether oxygens (including phenoxy) is 1. The average Bonchev–Trinajstić information content (AvgIpc) is 2.23. The first-order chi connectivity index (χ1) is 7.51. The maximum absolute atomic E-state index is 10.0. The molecule has 0 saturated heterocycles. The molecule has 16 heavy (non-hydrogen) atoms. The molecule has 0 saturated carbocycles. The number of hydrogen-bond acceptors (Lipinski definition) is 3. The molecule has 0 fully saturated rings. The number of rotatable bonds is 4. The monoisotopic (exact) mass is 243 g/mol. The van der Waals surface area contributed by atoms with Crippen LogP contribution in [0.4, 0.5) is 0 Å². The number of methoxy groups -OCH3 is 1. The third-order valence-corrected chi connectivity index (χ3v) is 2.97. The Morgan fingerprint density at radius 1 is 1.44 bits per heavy atom. The summed E-state index contributed by atoms with van der Waals surface area (Å²) in [6, 6.07) is 3.34. The lowest BCUT2D eigenvalue weighted by Crippen LogP contribution is -2.18. The first-order valence-electron chi connectivity index (χ1n) is 5.27. The molecule has 1 aromatic rings. The molecule has 1 rings (SSSR count). The van der Waals surface area contributed by atoms with Gasteiger partial charge < -0.3 is 15.6 Å². The van der Waals surface area contributed by atoms with Crippen LogP contribution in [0.3, 0.4) is 0 Å². The van der Waals surface area contributed by atoms with Crippen LogP contribution in [0.25, 0.3) is 0 Å². The van der Waals surface area contributed by atoms with Gasteiger partial charge in [0, 0.05) is 22.6 Å². The lowest BCUT2D eigenvalue weighted by Gasteiger charge is -2.21. The Morgan fingerprint density at radius 3 is 2.50 bits per heavy atom. The molecule has 1 aromatic carbocycles. The van der Waals surface area contributed by atoms with Gasteiger partial charge in [-0.25, -0.2) is 0 Å². The van der Waals surface area contributed by atoms with Gasteiger partial charge >= 0.3 is 0 Å². The first-order valence-corrected chi connectivity index (χ1v) is 5.65. The van der Waals surface area contributed by atoms with Crippen molar-refractivity contribution in [1.29, 1.82) is 0 Å². The van der Waals surface area contributed by atoms with E-state index >= 15 is 0 Å². The van der Waals surface area contributed by atoms with E-state index < -0.39 is 0 Å². The summed E-state index contributed by atoms with van der Waals surface area (Å²) in [5, 5.41) is 10.6. The van der Waals surface area contributed by atoms with E-state index in [-0.39, 0.29) is 11.7 Å². The molecule has 90 valence electrons. The summed E-state index contributed by atoms with van der Waals surface area (Å²) in [5.74, 6) is 0.935. The lowest BCUT2D eigenvalue weighted by atomic mass is 9.88. The second kappa shape index (κ2) is 5.41. The highest BCUT2D eigenvalue weighted by molar-refractivity contribution is 6.30. The fourth-order valence-corrected chi connectivity index (χ4v) is 2.01. The second-order valence-electron chi connectivity index (χ2n) is 4.13. The zero-order chi connectivity index (χ0) is 12.3. The Labute approximate surface area is 101 Å². The molecule has 0 aromatic heterocycles. The zero-order valence-electron chi connectivity index (χ0n) is 9.83. The normalized spacial score (nSPS) is 12.9. The van der Waals surface area contributed by atoms with Gasteiger partial charge in [0.25, 0.3) is 0 Å². The van der Waals surface area contributed by atoms with Crippen molar-refractivity contribution in [2.45, 2.75) is 19.8 Å². The highest BCUT2D eigenvalue weighted by atomic mass is 35.5. The van der Waals surface area contributed by atoms with Gasteiger partial charge in [-0.15, -0.1) is 0 Å². The van der Waals surface area contributed by atoms with Crippen molar-refractivity contribution in [1.82, 2.24) is 0 Å². The summed E-state index contributed by atoms with van der Waals surface area (Å²) >= 11 is 5.97. The number of phenols is 1. The summed E-state index contributed by atoms with van der Waals surface area (Å²) in [6.45, 7) is 4.59. The lowest BCUT2D eigenvalue weighted by molar-refractivity contribution is 0.364. The maximum atomic E-state index is 10.0. The van der Waals surface area contributed by atoms with Crippen molar-refractivity contribution in [3.63, 3.8) is 0 Å². The highest BCUT2D eigenvalue weighted by Crippen LogP contribution is 2.39. The third kappa shape index (κ3) is 2.60. The Balaban J connectivity index is 3.26. The van der Waals surface area contributed by atoms with E-state index in [1.165, 1.54) is 7.11 Å². The molecular weight excluding hydrogens is 226 g/mol. The minimum atomic E-state index is 0.0765. The van der Waals surface area contributed by atoms with Crippen LogP contribution >= 0.6 is 11.6 Å². The number of hydrogen-bond donors (Lipinski definition) is 2. The second-order valence-corrected chi connectivity index (χ2v) is 4.57. The van der Waals surface area contributed by atoms with Crippen LogP contribution in [0, 0.1) is 5.92 Å². The molecule has 0 bridgehead atoms. The molecule has 3 nitrogen and oxygen atoms in total. The molecule has 1 unspecified atom stereocenters. The van der Waals surface area contributed by atoms with Gasteiger partial charge in [-0.3, -0.25) is 0 Å². The molecular formula is C12H18ClNO2. The van der Waals surface area contributed by atoms with Crippen LogP contribution in [0.15, 0.2) is 12.1 Å². The Kier molecular flexibility index (Phi) is 4.44. The predicted molar refractivity (Wildman–Crippen MR) is 66.3 cm³/mol. The molecule has 1 atom stereocenters. The van der Waals surface area contributed by atoms with Crippen molar-refractivity contribution in [3.05, 3.63) is 22.7 Å². The minimum absolute atomic E-state index is 0.0765. The summed E-state index contributed by atoms with van der Waals surface area (Å²) in [7, 11) is 1.50. The molecule has 0 radical (unpaired) electrons. The van der Waals surface area contributed by atoms with Crippen molar-refractivity contribution >= 4 is 11.6 Å². The zero-order valence-corrected chi connectivity index (χ0v) is 10.6. The van der Waals surface area contributed by atoms with Gasteiger partial charge in [0.1, 0.15) is 0 Å². The van der Waals surface area contributed by atoms with Gasteiger partial charge in [0.2, 0.25) is 0 Å². The standard InChI is InChI=1S/C12H18ClNO2/c1-7(2)10(6-14)9-4-8(13)5-11(16-3)12(9)15/h4-5,7,10,15H,6,14H2,1-3H3. The number of nitrogens with two attached hydrogens (primary N) is 1. The van der Waals surface area contributed by atoms with Crippen LogP contribution in [0.5, 0.6) is 11.5 Å². The molecule has 0 aliphatic rings. The summed E-state index contributed by atoms with van der Waals surface area (Å²) in [5.41, 5.74) is 6.47. The van der Waals surface area contributed by atoms with Crippen LogP contribution in [-0.2, 0) is 0 Å². The topological polar surface area (TPSA) is 55.5 Å².